The number of fused-ring (bicyclic) bond motifs is 1. The summed E-state index contributed by atoms with van der Waals surface area (Å²) in [5.74, 6) is 3.14. The molecule has 1 aromatic carbocycles. The van der Waals surface area contributed by atoms with Gasteiger partial charge in [-0.1, -0.05) is 72.6 Å². The lowest BCUT2D eigenvalue weighted by Crippen LogP contribution is -2.37. The number of carbonyl (C=O) groups excluding carboxylic acids is 2. The van der Waals surface area contributed by atoms with E-state index in [1.54, 1.807) is 0 Å². The highest BCUT2D eigenvalue weighted by Crippen LogP contribution is 2.45. The average molecular weight is 659 g/mol. The molecule has 0 N–H and O–H groups in total. The molecule has 0 spiro atoms. The van der Waals surface area contributed by atoms with Crippen LogP contribution < -0.4 is 9.47 Å². The number of ether oxygens (including phenoxy) is 4. The molecule has 1 aliphatic rings. The number of hydrogen-bond donors (Lipinski definition) is 0. The van der Waals surface area contributed by atoms with Crippen LogP contribution in [0.1, 0.15) is 168 Å². The Bertz CT molecular complexity index is 1140. The first kappa shape index (κ1) is 41.1. The molecule has 2 rings (SSSR count). The van der Waals surface area contributed by atoms with E-state index in [1.165, 1.54) is 51.4 Å². The summed E-state index contributed by atoms with van der Waals surface area (Å²) in [6.45, 7) is 26.0. The minimum Gasteiger partial charge on any atom is -0.487 e. The monoisotopic (exact) mass is 659 g/mol. The van der Waals surface area contributed by atoms with E-state index in [0.717, 1.165) is 65.0 Å². The van der Waals surface area contributed by atoms with E-state index >= 15 is 0 Å². The molecule has 0 unspecified atom stereocenters. The maximum absolute atomic E-state index is 12.9. The third-order valence-corrected chi connectivity index (χ3v) is 10.1. The molecule has 3 atom stereocenters. The second-order valence-corrected chi connectivity index (χ2v) is 16.3. The van der Waals surface area contributed by atoms with Crippen molar-refractivity contribution < 1.29 is 28.5 Å². The summed E-state index contributed by atoms with van der Waals surface area (Å²) < 4.78 is 23.9. The third-order valence-electron chi connectivity index (χ3n) is 10.1. The molecule has 1 aliphatic heterocycles. The maximum Gasteiger partial charge on any atom is 0.311 e. The smallest absolute Gasteiger partial charge is 0.311 e. The van der Waals surface area contributed by atoms with Gasteiger partial charge in [-0.15, -0.1) is 0 Å². The Morgan fingerprint density at radius 3 is 1.98 bits per heavy atom. The van der Waals surface area contributed by atoms with Gasteiger partial charge in [-0.05, 0) is 116 Å². The number of esters is 2. The number of benzene rings is 1. The number of hydrogen-bond acceptors (Lipinski definition) is 6. The van der Waals surface area contributed by atoms with Crippen molar-refractivity contribution in [1.82, 2.24) is 0 Å². The van der Waals surface area contributed by atoms with Crippen LogP contribution in [0, 0.1) is 38.5 Å². The highest BCUT2D eigenvalue weighted by atomic mass is 16.6. The molecule has 0 bridgehead atoms. The molecule has 0 saturated heterocycles. The van der Waals surface area contributed by atoms with Gasteiger partial charge in [-0.2, -0.15) is 0 Å². The van der Waals surface area contributed by atoms with Crippen molar-refractivity contribution in [1.29, 1.82) is 0 Å². The van der Waals surface area contributed by atoms with E-state index in [-0.39, 0.29) is 24.5 Å². The Balaban J connectivity index is 1.86. The van der Waals surface area contributed by atoms with E-state index in [2.05, 4.69) is 41.5 Å². The highest BCUT2D eigenvalue weighted by Gasteiger charge is 2.35. The Kier molecular flexibility index (Phi) is 16.8. The zero-order valence-electron chi connectivity index (χ0n) is 32.4. The molecule has 6 nitrogen and oxygen atoms in total. The molecular formula is C41H70O6. The normalized spacial score (nSPS) is 17.7. The fourth-order valence-corrected chi connectivity index (χ4v) is 6.73. The van der Waals surface area contributed by atoms with E-state index in [4.69, 9.17) is 18.9 Å². The van der Waals surface area contributed by atoms with Crippen LogP contribution in [0.2, 0.25) is 0 Å². The van der Waals surface area contributed by atoms with Crippen LogP contribution in [0.15, 0.2) is 0 Å². The second kappa shape index (κ2) is 19.2. The van der Waals surface area contributed by atoms with Gasteiger partial charge in [0.25, 0.3) is 0 Å². The zero-order chi connectivity index (χ0) is 35.4. The summed E-state index contributed by atoms with van der Waals surface area (Å²) >= 11 is 0. The van der Waals surface area contributed by atoms with Gasteiger partial charge in [-0.25, -0.2) is 0 Å². The fraction of sp³-hybridized carbons (Fsp3) is 0.805. The van der Waals surface area contributed by atoms with E-state index < -0.39 is 17.5 Å². The molecule has 1 aromatic rings. The lowest BCUT2D eigenvalue weighted by Gasteiger charge is -2.38. The summed E-state index contributed by atoms with van der Waals surface area (Å²) in [5, 5.41) is 0. The van der Waals surface area contributed by atoms with Crippen LogP contribution in [0.25, 0.3) is 0 Å². The Morgan fingerprint density at radius 1 is 0.809 bits per heavy atom. The van der Waals surface area contributed by atoms with Crippen LogP contribution in [0.3, 0.4) is 0 Å². The van der Waals surface area contributed by atoms with Gasteiger partial charge in [0.2, 0.25) is 0 Å². The Hall–Kier alpha value is -2.08. The molecule has 6 heteroatoms. The highest BCUT2D eigenvalue weighted by molar-refractivity contribution is 5.80. The lowest BCUT2D eigenvalue weighted by molar-refractivity contribution is -0.160. The summed E-state index contributed by atoms with van der Waals surface area (Å²) in [7, 11) is 0. The SMILES string of the molecule is Cc1c(C)c2c(c(C)c1OC(=O)CCC(=O)OC(C)(C)CCOC(C)C)CC[C@@](C)(CCC[C@H](C)CCC[C@H](C)CCCC(C)C)O2. The third kappa shape index (κ3) is 14.5. The molecule has 1 heterocycles. The van der Waals surface area contributed by atoms with Crippen molar-refractivity contribution in [3.63, 3.8) is 0 Å². The molecule has 0 saturated carbocycles. The standard InChI is InChI=1S/C41H70O6/c1-28(2)16-13-17-30(5)18-14-19-31(6)20-15-24-41(12)25-23-35-34(9)38(32(7)33(8)39(35)47-41)45-36(42)21-22-37(43)46-40(10,11)26-27-44-29(3)4/h28-31H,13-27H2,1-12H3/t30-,31-,41-/m1/s1. The fourth-order valence-electron chi connectivity index (χ4n) is 6.73. The summed E-state index contributed by atoms with van der Waals surface area (Å²) in [6.07, 6.45) is 14.1. The van der Waals surface area contributed by atoms with Crippen molar-refractivity contribution in [3.05, 3.63) is 22.3 Å². The predicted octanol–water partition coefficient (Wildman–Crippen LogP) is 11.0. The summed E-state index contributed by atoms with van der Waals surface area (Å²) in [4.78, 5) is 25.4. The van der Waals surface area contributed by atoms with Crippen molar-refractivity contribution in [3.8, 4) is 11.5 Å². The van der Waals surface area contributed by atoms with Crippen LogP contribution in [0.5, 0.6) is 11.5 Å². The Labute approximate surface area is 288 Å². The molecule has 0 amide bonds. The van der Waals surface area contributed by atoms with E-state index in [1.807, 2.05) is 41.5 Å². The van der Waals surface area contributed by atoms with Crippen LogP contribution in [-0.4, -0.2) is 35.9 Å². The maximum atomic E-state index is 12.9. The van der Waals surface area contributed by atoms with Crippen molar-refractivity contribution in [2.45, 2.75) is 190 Å². The van der Waals surface area contributed by atoms with E-state index in [0.29, 0.717) is 18.8 Å². The first-order valence-electron chi connectivity index (χ1n) is 18.8. The lowest BCUT2D eigenvalue weighted by atomic mass is 9.83. The van der Waals surface area contributed by atoms with Gasteiger partial charge in [0, 0.05) is 12.0 Å². The van der Waals surface area contributed by atoms with Gasteiger partial charge >= 0.3 is 11.9 Å². The minimum absolute atomic E-state index is 0.0209. The average Bonchev–Trinajstić information content (AvgIpc) is 2.96. The van der Waals surface area contributed by atoms with Gasteiger partial charge in [0.1, 0.15) is 22.7 Å². The first-order chi connectivity index (χ1) is 21.9. The van der Waals surface area contributed by atoms with E-state index in [9.17, 15) is 9.59 Å². The van der Waals surface area contributed by atoms with Crippen molar-refractivity contribution in [2.75, 3.05) is 6.61 Å². The first-order valence-corrected chi connectivity index (χ1v) is 18.8. The predicted molar refractivity (Wildman–Crippen MR) is 193 cm³/mol. The number of carbonyl (C=O) groups is 2. The van der Waals surface area contributed by atoms with Crippen molar-refractivity contribution in [2.24, 2.45) is 17.8 Å². The summed E-state index contributed by atoms with van der Waals surface area (Å²) in [5.41, 5.74) is 3.19. The largest absolute Gasteiger partial charge is 0.487 e. The van der Waals surface area contributed by atoms with Crippen LogP contribution in [0.4, 0.5) is 0 Å². The Morgan fingerprint density at radius 2 is 1.38 bits per heavy atom. The molecule has 0 fully saturated rings. The molecule has 270 valence electrons. The molecular weight excluding hydrogens is 588 g/mol. The second-order valence-electron chi connectivity index (χ2n) is 16.3. The van der Waals surface area contributed by atoms with Gasteiger partial charge in [-0.3, -0.25) is 9.59 Å². The molecule has 0 radical (unpaired) electrons. The van der Waals surface area contributed by atoms with Crippen LogP contribution >= 0.6 is 0 Å². The van der Waals surface area contributed by atoms with Crippen LogP contribution in [-0.2, 0) is 25.5 Å². The van der Waals surface area contributed by atoms with Gasteiger partial charge in [0.15, 0.2) is 0 Å². The molecule has 47 heavy (non-hydrogen) atoms. The zero-order valence-corrected chi connectivity index (χ0v) is 32.4. The van der Waals surface area contributed by atoms with Gasteiger partial charge in [0.05, 0.1) is 25.6 Å². The van der Waals surface area contributed by atoms with Crippen molar-refractivity contribution >= 4 is 11.9 Å². The number of rotatable bonds is 21. The summed E-state index contributed by atoms with van der Waals surface area (Å²) in [6, 6.07) is 0. The quantitative estimate of drug-likeness (QED) is 0.0967. The topological polar surface area (TPSA) is 71.1 Å². The molecule has 0 aliphatic carbocycles. The molecule has 0 aromatic heterocycles. The minimum atomic E-state index is -0.656. The van der Waals surface area contributed by atoms with Gasteiger partial charge < -0.3 is 18.9 Å².